The van der Waals surface area contributed by atoms with Crippen LogP contribution in [0.25, 0.3) is 0 Å². The van der Waals surface area contributed by atoms with E-state index >= 15 is 0 Å². The van der Waals surface area contributed by atoms with Crippen molar-refractivity contribution >= 4 is 17.8 Å². The van der Waals surface area contributed by atoms with Gasteiger partial charge in [-0.1, -0.05) is 0 Å². The Hall–Kier alpha value is -2.00. The van der Waals surface area contributed by atoms with Crippen molar-refractivity contribution in [3.63, 3.8) is 0 Å². The third-order valence-corrected chi connectivity index (χ3v) is 3.77. The molecule has 27 heavy (non-hydrogen) atoms. The first-order valence-electron chi connectivity index (χ1n) is 7.49. The molecule has 0 saturated carbocycles. The van der Waals surface area contributed by atoms with E-state index in [0.717, 1.165) is 6.92 Å². The normalized spacial score (nSPS) is 30.9. The molecule has 0 unspecified atom stereocenters. The van der Waals surface area contributed by atoms with Crippen molar-refractivity contribution in [3.8, 4) is 0 Å². The summed E-state index contributed by atoms with van der Waals surface area (Å²) >= 11 is 0. The van der Waals surface area contributed by atoms with Gasteiger partial charge in [-0.05, 0) is 0 Å². The number of carboxylic acid groups (broad SMARTS) is 1. The number of aliphatic carboxylic acids is 1. The SMILES string of the molecule is CC(=O)NC[C@@H](O)[C@@H](O)[C@@H]1O[C@@](O)(C(=O)O)C[C@H](O)[C@H]1NC(=O)C(F)(F)F. The van der Waals surface area contributed by atoms with Gasteiger partial charge in [0.2, 0.25) is 5.91 Å². The van der Waals surface area contributed by atoms with Crippen molar-refractivity contribution < 1.29 is 57.8 Å². The Kier molecular flexibility index (Phi) is 7.12. The molecule has 1 heterocycles. The lowest BCUT2D eigenvalue weighted by Gasteiger charge is -2.44. The number of carboxylic acids is 1. The lowest BCUT2D eigenvalue weighted by molar-refractivity contribution is -0.294. The van der Waals surface area contributed by atoms with Gasteiger partial charge < -0.3 is 40.9 Å². The number of alkyl halides is 3. The van der Waals surface area contributed by atoms with E-state index in [1.54, 1.807) is 0 Å². The van der Waals surface area contributed by atoms with E-state index < -0.39 is 73.2 Å². The summed E-state index contributed by atoms with van der Waals surface area (Å²) < 4.78 is 42.1. The molecule has 7 N–H and O–H groups in total. The number of amides is 2. The van der Waals surface area contributed by atoms with E-state index in [-0.39, 0.29) is 0 Å². The fraction of sp³-hybridized carbons (Fsp3) is 0.769. The van der Waals surface area contributed by atoms with Gasteiger partial charge in [0.1, 0.15) is 12.2 Å². The molecule has 156 valence electrons. The van der Waals surface area contributed by atoms with Crippen LogP contribution in [0.4, 0.5) is 13.2 Å². The number of nitrogens with one attached hydrogen (secondary N) is 2. The number of hydrogen-bond donors (Lipinski definition) is 7. The third kappa shape index (κ3) is 5.74. The smallest absolute Gasteiger partial charge is 0.471 e. The van der Waals surface area contributed by atoms with Crippen LogP contribution in [-0.2, 0) is 19.1 Å². The fourth-order valence-corrected chi connectivity index (χ4v) is 2.40. The highest BCUT2D eigenvalue weighted by Crippen LogP contribution is 2.31. The summed E-state index contributed by atoms with van der Waals surface area (Å²) in [6, 6.07) is -2.03. The minimum absolute atomic E-state index is 0.613. The summed E-state index contributed by atoms with van der Waals surface area (Å²) in [5, 5.41) is 52.1. The van der Waals surface area contributed by atoms with Gasteiger partial charge in [-0.25, -0.2) is 4.79 Å². The summed E-state index contributed by atoms with van der Waals surface area (Å²) in [5.74, 6) is -8.27. The van der Waals surface area contributed by atoms with Gasteiger partial charge in [0.15, 0.2) is 0 Å². The first-order chi connectivity index (χ1) is 12.2. The number of hydrogen-bond acceptors (Lipinski definition) is 8. The molecule has 0 aliphatic carbocycles. The topological polar surface area (TPSA) is 186 Å². The Bertz CT molecular complexity index is 588. The van der Waals surface area contributed by atoms with Crippen LogP contribution in [0, 0.1) is 0 Å². The molecule has 0 aromatic rings. The van der Waals surface area contributed by atoms with Crippen molar-refractivity contribution in [3.05, 3.63) is 0 Å². The monoisotopic (exact) mass is 404 g/mol. The molecule has 1 aliphatic heterocycles. The van der Waals surface area contributed by atoms with Gasteiger partial charge >= 0.3 is 18.1 Å². The second kappa shape index (κ2) is 8.35. The van der Waals surface area contributed by atoms with Crippen molar-refractivity contribution in [1.29, 1.82) is 0 Å². The summed E-state index contributed by atoms with van der Waals surface area (Å²) in [6.07, 6.45) is -14.8. The van der Waals surface area contributed by atoms with Gasteiger partial charge in [0.25, 0.3) is 5.79 Å². The van der Waals surface area contributed by atoms with Gasteiger partial charge in [-0.2, -0.15) is 13.2 Å². The van der Waals surface area contributed by atoms with Crippen molar-refractivity contribution in [1.82, 2.24) is 10.6 Å². The lowest BCUT2D eigenvalue weighted by atomic mass is 9.88. The molecule has 14 heteroatoms. The molecule has 0 aromatic heterocycles. The average molecular weight is 404 g/mol. The molecule has 1 aliphatic rings. The molecule has 0 aromatic carbocycles. The Morgan fingerprint density at radius 2 is 1.85 bits per heavy atom. The maximum absolute atomic E-state index is 12.5. The molecule has 2 amide bonds. The van der Waals surface area contributed by atoms with Crippen molar-refractivity contribution in [2.45, 2.75) is 55.8 Å². The lowest BCUT2D eigenvalue weighted by Crippen LogP contribution is -2.68. The van der Waals surface area contributed by atoms with Crippen LogP contribution >= 0.6 is 0 Å². The third-order valence-electron chi connectivity index (χ3n) is 3.77. The van der Waals surface area contributed by atoms with E-state index in [9.17, 15) is 48.0 Å². The zero-order chi connectivity index (χ0) is 21.2. The van der Waals surface area contributed by atoms with Crippen LogP contribution in [-0.4, -0.2) is 92.3 Å². The van der Waals surface area contributed by atoms with E-state index in [0.29, 0.717) is 0 Å². The number of aliphatic hydroxyl groups excluding tert-OH is 3. The highest BCUT2D eigenvalue weighted by Gasteiger charge is 2.55. The molecule has 1 fully saturated rings. The molecule has 0 spiro atoms. The van der Waals surface area contributed by atoms with Crippen LogP contribution in [0.5, 0.6) is 0 Å². The number of carbonyl (C=O) groups excluding carboxylic acids is 2. The number of ether oxygens (including phenoxy) is 1. The largest absolute Gasteiger partial charge is 0.477 e. The number of aliphatic hydroxyl groups is 4. The van der Waals surface area contributed by atoms with Crippen molar-refractivity contribution in [2.75, 3.05) is 6.54 Å². The second-order valence-electron chi connectivity index (χ2n) is 5.94. The van der Waals surface area contributed by atoms with Crippen LogP contribution in [0.15, 0.2) is 0 Å². The maximum atomic E-state index is 12.5. The summed E-state index contributed by atoms with van der Waals surface area (Å²) in [7, 11) is 0. The molecule has 1 saturated heterocycles. The van der Waals surface area contributed by atoms with Gasteiger partial charge in [0, 0.05) is 19.9 Å². The standard InChI is InChI=1S/C13H19F3N2O9/c1-4(19)17-3-6(21)8(22)9-7(18-10(23)13(14,15)16)5(20)2-12(26,27-9)11(24)25/h5-9,20-22,26H,2-3H2,1H3,(H,17,19)(H,18,23)(H,24,25)/t5-,6+,7+,8+,9+,12+/m0/s1. The van der Waals surface area contributed by atoms with Gasteiger partial charge in [-0.3, -0.25) is 9.59 Å². The zero-order valence-electron chi connectivity index (χ0n) is 13.8. The van der Waals surface area contributed by atoms with Gasteiger partial charge in [0.05, 0.1) is 18.2 Å². The molecular weight excluding hydrogens is 385 g/mol. The second-order valence-corrected chi connectivity index (χ2v) is 5.94. The average Bonchev–Trinajstić information content (AvgIpc) is 2.52. The highest BCUT2D eigenvalue weighted by atomic mass is 19.4. The van der Waals surface area contributed by atoms with Gasteiger partial charge in [-0.15, -0.1) is 0 Å². The highest BCUT2D eigenvalue weighted by molar-refractivity contribution is 5.82. The first-order valence-corrected chi connectivity index (χ1v) is 7.49. The summed E-state index contributed by atoms with van der Waals surface area (Å²) in [4.78, 5) is 33.1. The van der Waals surface area contributed by atoms with Crippen LogP contribution < -0.4 is 10.6 Å². The predicted molar refractivity (Wildman–Crippen MR) is 76.8 cm³/mol. The van der Waals surface area contributed by atoms with E-state index in [2.05, 4.69) is 5.32 Å². The Morgan fingerprint density at radius 3 is 2.30 bits per heavy atom. The minimum atomic E-state index is -5.37. The molecule has 11 nitrogen and oxygen atoms in total. The van der Waals surface area contributed by atoms with Crippen LogP contribution in [0.3, 0.4) is 0 Å². The first kappa shape index (κ1) is 23.0. The Balaban J connectivity index is 3.11. The summed E-state index contributed by atoms with van der Waals surface area (Å²) in [6.45, 7) is 0.452. The predicted octanol–water partition coefficient (Wildman–Crippen LogP) is -3.19. The molecule has 6 atom stereocenters. The number of rotatable bonds is 6. The maximum Gasteiger partial charge on any atom is 0.471 e. The minimum Gasteiger partial charge on any atom is -0.477 e. The van der Waals surface area contributed by atoms with E-state index in [4.69, 9.17) is 9.84 Å². The zero-order valence-corrected chi connectivity index (χ0v) is 13.8. The van der Waals surface area contributed by atoms with Crippen molar-refractivity contribution in [2.24, 2.45) is 0 Å². The van der Waals surface area contributed by atoms with Crippen LogP contribution in [0.1, 0.15) is 13.3 Å². The Labute approximate surface area is 149 Å². The quantitative estimate of drug-likeness (QED) is 0.240. The van der Waals surface area contributed by atoms with E-state index in [1.807, 2.05) is 0 Å². The van der Waals surface area contributed by atoms with E-state index in [1.165, 1.54) is 5.32 Å². The molecular formula is C13H19F3N2O9. The molecule has 0 bridgehead atoms. The molecule has 1 rings (SSSR count). The van der Waals surface area contributed by atoms with Crippen LogP contribution in [0.2, 0.25) is 0 Å². The molecule has 0 radical (unpaired) electrons. The summed E-state index contributed by atoms with van der Waals surface area (Å²) in [5.41, 5.74) is 0. The fourth-order valence-electron chi connectivity index (χ4n) is 2.40. The number of carbonyl (C=O) groups is 3. The Morgan fingerprint density at radius 1 is 1.30 bits per heavy atom. The number of halogens is 3.